The number of halogens is 2. The topological polar surface area (TPSA) is 35.2 Å². The van der Waals surface area contributed by atoms with E-state index in [0.29, 0.717) is 17.2 Å². The Morgan fingerprint density at radius 3 is 2.38 bits per heavy atom. The zero-order chi connectivity index (χ0) is 11.5. The van der Waals surface area contributed by atoms with Crippen molar-refractivity contribution in [1.29, 1.82) is 0 Å². The van der Waals surface area contributed by atoms with E-state index < -0.39 is 0 Å². The lowest BCUT2D eigenvalue weighted by Gasteiger charge is -2.07. The van der Waals surface area contributed by atoms with Crippen LogP contribution in [0.25, 0.3) is 0 Å². The average Bonchev–Trinajstić information content (AvgIpc) is 2.25. The number of nitrogen functional groups attached to an aromatic ring is 1. The van der Waals surface area contributed by atoms with Crippen LogP contribution in [0.3, 0.4) is 0 Å². The van der Waals surface area contributed by atoms with Crippen molar-refractivity contribution in [3.63, 3.8) is 0 Å². The molecule has 2 nitrogen and oxygen atoms in total. The van der Waals surface area contributed by atoms with E-state index in [1.54, 1.807) is 30.3 Å². The van der Waals surface area contributed by atoms with Crippen LogP contribution in [-0.2, 0) is 0 Å². The maximum atomic E-state index is 12.7. The highest BCUT2D eigenvalue weighted by Gasteiger charge is 2.03. The fraction of sp³-hybridized carbons (Fsp3) is 0. The minimum Gasteiger partial charge on any atom is -0.456 e. The largest absolute Gasteiger partial charge is 0.456 e. The van der Waals surface area contributed by atoms with E-state index in [1.807, 2.05) is 0 Å². The maximum absolute atomic E-state index is 12.7. The molecular formula is C12H9BrFNO. The molecule has 0 amide bonds. The van der Waals surface area contributed by atoms with E-state index in [1.165, 1.54) is 12.1 Å². The molecule has 0 aromatic heterocycles. The van der Waals surface area contributed by atoms with Crippen LogP contribution in [-0.4, -0.2) is 0 Å². The number of ether oxygens (including phenoxy) is 1. The first-order chi connectivity index (χ1) is 7.65. The summed E-state index contributed by atoms with van der Waals surface area (Å²) in [6.07, 6.45) is 0. The minimum atomic E-state index is -0.288. The van der Waals surface area contributed by atoms with Crippen molar-refractivity contribution in [2.24, 2.45) is 0 Å². The normalized spacial score (nSPS) is 10.1. The summed E-state index contributed by atoms with van der Waals surface area (Å²) in [6, 6.07) is 11.1. The standard InChI is InChI=1S/C12H9BrFNO/c13-11-7-9(15)3-6-12(11)16-10-4-1-8(14)2-5-10/h1-7H,15H2. The highest BCUT2D eigenvalue weighted by Crippen LogP contribution is 2.31. The number of anilines is 1. The SMILES string of the molecule is Nc1ccc(Oc2ccc(F)cc2)c(Br)c1. The highest BCUT2D eigenvalue weighted by molar-refractivity contribution is 9.10. The molecule has 0 aliphatic rings. The quantitative estimate of drug-likeness (QED) is 0.846. The Kier molecular flexibility index (Phi) is 3.10. The van der Waals surface area contributed by atoms with E-state index in [9.17, 15) is 4.39 Å². The van der Waals surface area contributed by atoms with Crippen LogP contribution in [0, 0.1) is 5.82 Å². The summed E-state index contributed by atoms with van der Waals surface area (Å²) in [4.78, 5) is 0. The summed E-state index contributed by atoms with van der Waals surface area (Å²) in [5.41, 5.74) is 6.26. The van der Waals surface area contributed by atoms with Crippen LogP contribution in [0.4, 0.5) is 10.1 Å². The van der Waals surface area contributed by atoms with Crippen LogP contribution in [0.1, 0.15) is 0 Å². The number of rotatable bonds is 2. The Morgan fingerprint density at radius 2 is 1.75 bits per heavy atom. The smallest absolute Gasteiger partial charge is 0.141 e. The lowest BCUT2D eigenvalue weighted by atomic mass is 10.3. The van der Waals surface area contributed by atoms with Crippen molar-refractivity contribution in [2.75, 3.05) is 5.73 Å². The Bertz CT molecular complexity index is 499. The van der Waals surface area contributed by atoms with Gasteiger partial charge in [-0.15, -0.1) is 0 Å². The van der Waals surface area contributed by atoms with E-state index in [2.05, 4.69) is 15.9 Å². The second kappa shape index (κ2) is 4.53. The Hall–Kier alpha value is -1.55. The number of benzene rings is 2. The van der Waals surface area contributed by atoms with Gasteiger partial charge in [-0.05, 0) is 58.4 Å². The van der Waals surface area contributed by atoms with E-state index >= 15 is 0 Å². The third-order valence-corrected chi connectivity index (χ3v) is 2.62. The van der Waals surface area contributed by atoms with Gasteiger partial charge in [0, 0.05) is 5.69 Å². The summed E-state index contributed by atoms with van der Waals surface area (Å²) in [5.74, 6) is 0.927. The van der Waals surface area contributed by atoms with Gasteiger partial charge < -0.3 is 10.5 Å². The van der Waals surface area contributed by atoms with Crippen molar-refractivity contribution >= 4 is 21.6 Å². The van der Waals surface area contributed by atoms with Crippen LogP contribution in [0.2, 0.25) is 0 Å². The molecule has 0 atom stereocenters. The molecule has 0 aliphatic heterocycles. The van der Waals surface area contributed by atoms with Crippen LogP contribution < -0.4 is 10.5 Å². The monoisotopic (exact) mass is 281 g/mol. The fourth-order valence-corrected chi connectivity index (χ4v) is 1.71. The molecule has 0 saturated carbocycles. The van der Waals surface area contributed by atoms with Gasteiger partial charge in [0.25, 0.3) is 0 Å². The summed E-state index contributed by atoms with van der Waals surface area (Å²) in [7, 11) is 0. The first-order valence-electron chi connectivity index (χ1n) is 4.63. The maximum Gasteiger partial charge on any atom is 0.141 e. The first kappa shape index (κ1) is 11.0. The molecule has 2 aromatic carbocycles. The lowest BCUT2D eigenvalue weighted by molar-refractivity contribution is 0.477. The molecule has 2 N–H and O–H groups in total. The van der Waals surface area contributed by atoms with Gasteiger partial charge in [-0.1, -0.05) is 0 Å². The molecule has 0 unspecified atom stereocenters. The molecule has 82 valence electrons. The Morgan fingerprint density at radius 1 is 1.06 bits per heavy atom. The van der Waals surface area contributed by atoms with Gasteiger partial charge >= 0.3 is 0 Å². The van der Waals surface area contributed by atoms with Gasteiger partial charge in [0.15, 0.2) is 0 Å². The summed E-state index contributed by atoms with van der Waals surface area (Å²) >= 11 is 3.34. The summed E-state index contributed by atoms with van der Waals surface area (Å²) in [6.45, 7) is 0. The molecule has 2 rings (SSSR count). The second-order valence-corrected chi connectivity index (χ2v) is 4.10. The Balaban J connectivity index is 2.23. The van der Waals surface area contributed by atoms with E-state index in [-0.39, 0.29) is 5.82 Å². The van der Waals surface area contributed by atoms with E-state index in [0.717, 1.165) is 4.47 Å². The molecule has 0 aliphatic carbocycles. The molecule has 0 bridgehead atoms. The number of hydrogen-bond donors (Lipinski definition) is 1. The first-order valence-corrected chi connectivity index (χ1v) is 5.43. The van der Waals surface area contributed by atoms with Gasteiger partial charge in [-0.2, -0.15) is 0 Å². The zero-order valence-corrected chi connectivity index (χ0v) is 9.87. The summed E-state index contributed by atoms with van der Waals surface area (Å²) in [5, 5.41) is 0. The van der Waals surface area contributed by atoms with Crippen molar-refractivity contribution in [3.8, 4) is 11.5 Å². The predicted octanol–water partition coefficient (Wildman–Crippen LogP) is 3.96. The van der Waals surface area contributed by atoms with Crippen molar-refractivity contribution < 1.29 is 9.13 Å². The second-order valence-electron chi connectivity index (χ2n) is 3.25. The molecule has 16 heavy (non-hydrogen) atoms. The molecular weight excluding hydrogens is 273 g/mol. The van der Waals surface area contributed by atoms with Gasteiger partial charge in [0.2, 0.25) is 0 Å². The average molecular weight is 282 g/mol. The van der Waals surface area contributed by atoms with Crippen LogP contribution >= 0.6 is 15.9 Å². The van der Waals surface area contributed by atoms with Crippen molar-refractivity contribution in [1.82, 2.24) is 0 Å². The van der Waals surface area contributed by atoms with Crippen molar-refractivity contribution in [2.45, 2.75) is 0 Å². The zero-order valence-electron chi connectivity index (χ0n) is 8.28. The molecule has 0 spiro atoms. The molecule has 4 heteroatoms. The lowest BCUT2D eigenvalue weighted by Crippen LogP contribution is -1.88. The molecule has 2 aromatic rings. The third kappa shape index (κ3) is 2.52. The van der Waals surface area contributed by atoms with Crippen LogP contribution in [0.15, 0.2) is 46.9 Å². The summed E-state index contributed by atoms with van der Waals surface area (Å²) < 4.78 is 19.0. The Labute approximate surface area is 101 Å². The van der Waals surface area contributed by atoms with Gasteiger partial charge in [0.05, 0.1) is 4.47 Å². The van der Waals surface area contributed by atoms with Gasteiger partial charge in [-0.25, -0.2) is 4.39 Å². The minimum absolute atomic E-state index is 0.288. The number of nitrogens with two attached hydrogens (primary N) is 1. The molecule has 0 heterocycles. The highest BCUT2D eigenvalue weighted by atomic mass is 79.9. The predicted molar refractivity (Wildman–Crippen MR) is 65.0 cm³/mol. The molecule has 0 radical (unpaired) electrons. The fourth-order valence-electron chi connectivity index (χ4n) is 1.23. The van der Waals surface area contributed by atoms with E-state index in [4.69, 9.17) is 10.5 Å². The molecule has 0 saturated heterocycles. The third-order valence-electron chi connectivity index (χ3n) is 2.00. The molecule has 0 fully saturated rings. The van der Waals surface area contributed by atoms with Crippen molar-refractivity contribution in [3.05, 3.63) is 52.8 Å². The van der Waals surface area contributed by atoms with Gasteiger partial charge in [-0.3, -0.25) is 0 Å². The van der Waals surface area contributed by atoms with Crippen LogP contribution in [0.5, 0.6) is 11.5 Å². The number of hydrogen-bond acceptors (Lipinski definition) is 2. The van der Waals surface area contributed by atoms with Gasteiger partial charge in [0.1, 0.15) is 17.3 Å².